The van der Waals surface area contributed by atoms with Gasteiger partial charge in [0.15, 0.2) is 5.82 Å². The molecule has 5 heteroatoms. The van der Waals surface area contributed by atoms with Gasteiger partial charge in [0.25, 0.3) is 0 Å². The van der Waals surface area contributed by atoms with E-state index >= 15 is 0 Å². The molecule has 2 aromatic rings. The molecule has 2 aromatic heterocycles. The maximum Gasteiger partial charge on any atom is 0.173 e. The molecule has 1 N–H and O–H groups in total. The maximum absolute atomic E-state index is 4.45. The zero-order valence-corrected chi connectivity index (χ0v) is 10.4. The second-order valence-electron chi connectivity index (χ2n) is 5.13. The highest BCUT2D eigenvalue weighted by Gasteiger charge is 2.10. The van der Waals surface area contributed by atoms with Gasteiger partial charge in [0, 0.05) is 18.9 Å². The summed E-state index contributed by atoms with van der Waals surface area (Å²) >= 11 is 0. The summed E-state index contributed by atoms with van der Waals surface area (Å²) in [6.45, 7) is 7.37. The minimum absolute atomic E-state index is 0.212. The maximum atomic E-state index is 4.45. The summed E-state index contributed by atoms with van der Waals surface area (Å²) in [5.41, 5.74) is 0.212. The summed E-state index contributed by atoms with van der Waals surface area (Å²) in [4.78, 5) is 8.60. The molecule has 17 heavy (non-hydrogen) atoms. The third kappa shape index (κ3) is 3.27. The summed E-state index contributed by atoms with van der Waals surface area (Å²) in [5, 5.41) is 7.40. The number of hydrogen-bond donors (Lipinski definition) is 1. The second-order valence-corrected chi connectivity index (χ2v) is 5.13. The fraction of sp³-hybridized carbons (Fsp3) is 0.417. The van der Waals surface area contributed by atoms with Crippen molar-refractivity contribution in [2.75, 3.05) is 11.9 Å². The minimum atomic E-state index is 0.212. The SMILES string of the molecule is CC(C)(C)CNc1cncc(-n2cccn2)n1. The van der Waals surface area contributed by atoms with Crippen LogP contribution in [0.3, 0.4) is 0 Å². The topological polar surface area (TPSA) is 55.6 Å². The Morgan fingerprint density at radius 2 is 2.12 bits per heavy atom. The number of nitrogens with one attached hydrogen (secondary N) is 1. The van der Waals surface area contributed by atoms with Crippen molar-refractivity contribution in [1.29, 1.82) is 0 Å². The predicted molar refractivity (Wildman–Crippen MR) is 67.1 cm³/mol. The highest BCUT2D eigenvalue weighted by molar-refractivity contribution is 5.35. The van der Waals surface area contributed by atoms with E-state index in [9.17, 15) is 0 Å². The summed E-state index contributed by atoms with van der Waals surface area (Å²) in [7, 11) is 0. The van der Waals surface area contributed by atoms with Crippen LogP contribution in [0.25, 0.3) is 5.82 Å². The molecule has 2 heterocycles. The van der Waals surface area contributed by atoms with Crippen LogP contribution in [0.15, 0.2) is 30.9 Å². The Kier molecular flexibility index (Phi) is 3.08. The van der Waals surface area contributed by atoms with E-state index < -0.39 is 0 Å². The Bertz CT molecular complexity index is 470. The lowest BCUT2D eigenvalue weighted by molar-refractivity contribution is 0.442. The first kappa shape index (κ1) is 11.6. The van der Waals surface area contributed by atoms with Gasteiger partial charge in [-0.25, -0.2) is 9.67 Å². The van der Waals surface area contributed by atoms with Gasteiger partial charge in [-0.05, 0) is 11.5 Å². The van der Waals surface area contributed by atoms with Crippen molar-refractivity contribution in [3.63, 3.8) is 0 Å². The zero-order chi connectivity index (χ0) is 12.3. The zero-order valence-electron chi connectivity index (χ0n) is 10.4. The number of anilines is 1. The predicted octanol–water partition coefficient (Wildman–Crippen LogP) is 2.12. The summed E-state index contributed by atoms with van der Waals surface area (Å²) in [6, 6.07) is 1.86. The van der Waals surface area contributed by atoms with Crippen molar-refractivity contribution < 1.29 is 0 Å². The van der Waals surface area contributed by atoms with Crippen LogP contribution in [-0.4, -0.2) is 26.3 Å². The van der Waals surface area contributed by atoms with Crippen LogP contribution in [0, 0.1) is 5.41 Å². The smallest absolute Gasteiger partial charge is 0.173 e. The lowest BCUT2D eigenvalue weighted by Crippen LogP contribution is -2.20. The minimum Gasteiger partial charge on any atom is -0.368 e. The molecule has 0 saturated carbocycles. The van der Waals surface area contributed by atoms with E-state index in [0.717, 1.165) is 12.4 Å². The number of nitrogens with zero attached hydrogens (tertiary/aromatic N) is 4. The average Bonchev–Trinajstić information content (AvgIpc) is 2.79. The first-order valence-electron chi connectivity index (χ1n) is 5.60. The molecule has 0 saturated heterocycles. The number of aromatic nitrogens is 4. The molecule has 0 amide bonds. The van der Waals surface area contributed by atoms with Crippen molar-refractivity contribution in [2.45, 2.75) is 20.8 Å². The van der Waals surface area contributed by atoms with Crippen LogP contribution < -0.4 is 5.32 Å². The van der Waals surface area contributed by atoms with Gasteiger partial charge in [0.2, 0.25) is 0 Å². The standard InChI is InChI=1S/C12H17N5/c1-12(2,3)9-14-10-7-13-8-11(16-10)17-6-4-5-15-17/h4-8H,9H2,1-3H3,(H,14,16). The third-order valence-corrected chi connectivity index (χ3v) is 2.16. The van der Waals surface area contributed by atoms with E-state index in [1.807, 2.05) is 12.3 Å². The van der Waals surface area contributed by atoms with Gasteiger partial charge < -0.3 is 5.32 Å². The Balaban J connectivity index is 2.12. The normalized spacial score (nSPS) is 11.5. The number of rotatable bonds is 3. The van der Waals surface area contributed by atoms with Crippen LogP contribution in [0.1, 0.15) is 20.8 Å². The molecule has 0 aliphatic heterocycles. The average molecular weight is 231 g/mol. The van der Waals surface area contributed by atoms with Crippen LogP contribution in [0.5, 0.6) is 0 Å². The van der Waals surface area contributed by atoms with E-state index in [-0.39, 0.29) is 5.41 Å². The molecule has 90 valence electrons. The highest BCUT2D eigenvalue weighted by atomic mass is 15.3. The van der Waals surface area contributed by atoms with E-state index in [4.69, 9.17) is 0 Å². The summed E-state index contributed by atoms with van der Waals surface area (Å²) < 4.78 is 1.69. The molecule has 0 atom stereocenters. The fourth-order valence-electron chi connectivity index (χ4n) is 1.31. The fourth-order valence-corrected chi connectivity index (χ4v) is 1.31. The molecule has 0 spiro atoms. The summed E-state index contributed by atoms with van der Waals surface area (Å²) in [6.07, 6.45) is 6.97. The van der Waals surface area contributed by atoms with Crippen LogP contribution >= 0.6 is 0 Å². The van der Waals surface area contributed by atoms with Gasteiger partial charge in [-0.3, -0.25) is 4.98 Å². The summed E-state index contributed by atoms with van der Waals surface area (Å²) in [5.74, 6) is 1.49. The molecule has 5 nitrogen and oxygen atoms in total. The van der Waals surface area contributed by atoms with Crippen molar-refractivity contribution in [2.24, 2.45) is 5.41 Å². The molecule has 2 rings (SSSR count). The van der Waals surface area contributed by atoms with Crippen LogP contribution in [-0.2, 0) is 0 Å². The van der Waals surface area contributed by atoms with E-state index in [1.165, 1.54) is 0 Å². The monoisotopic (exact) mass is 231 g/mol. The van der Waals surface area contributed by atoms with E-state index in [2.05, 4.69) is 41.2 Å². The van der Waals surface area contributed by atoms with Gasteiger partial charge >= 0.3 is 0 Å². The van der Waals surface area contributed by atoms with E-state index in [1.54, 1.807) is 23.3 Å². The highest BCUT2D eigenvalue weighted by Crippen LogP contribution is 2.14. The van der Waals surface area contributed by atoms with E-state index in [0.29, 0.717) is 5.82 Å². The van der Waals surface area contributed by atoms with Crippen LogP contribution in [0.2, 0.25) is 0 Å². The van der Waals surface area contributed by atoms with Crippen molar-refractivity contribution in [3.8, 4) is 5.82 Å². The lowest BCUT2D eigenvalue weighted by Gasteiger charge is -2.19. The molecule has 0 aromatic carbocycles. The van der Waals surface area contributed by atoms with Crippen molar-refractivity contribution >= 4 is 5.82 Å². The first-order valence-corrected chi connectivity index (χ1v) is 5.60. The molecule has 0 fully saturated rings. The molecule has 0 aliphatic carbocycles. The van der Waals surface area contributed by atoms with Gasteiger partial charge in [0.05, 0.1) is 12.4 Å². The Morgan fingerprint density at radius 1 is 1.29 bits per heavy atom. The van der Waals surface area contributed by atoms with Gasteiger partial charge in [-0.1, -0.05) is 20.8 Å². The van der Waals surface area contributed by atoms with Gasteiger partial charge in [-0.15, -0.1) is 0 Å². The van der Waals surface area contributed by atoms with Gasteiger partial charge in [0.1, 0.15) is 5.82 Å². The molecule has 0 aliphatic rings. The Hall–Kier alpha value is -1.91. The number of hydrogen-bond acceptors (Lipinski definition) is 4. The van der Waals surface area contributed by atoms with Gasteiger partial charge in [-0.2, -0.15) is 5.10 Å². The molecule has 0 bridgehead atoms. The second kappa shape index (κ2) is 4.53. The first-order chi connectivity index (χ1) is 8.04. The third-order valence-electron chi connectivity index (χ3n) is 2.16. The largest absolute Gasteiger partial charge is 0.368 e. The molecular formula is C12H17N5. The van der Waals surface area contributed by atoms with Crippen molar-refractivity contribution in [3.05, 3.63) is 30.9 Å². The lowest BCUT2D eigenvalue weighted by atomic mass is 9.97. The molecule has 0 radical (unpaired) electrons. The molecule has 0 unspecified atom stereocenters. The van der Waals surface area contributed by atoms with Crippen molar-refractivity contribution in [1.82, 2.24) is 19.7 Å². The van der Waals surface area contributed by atoms with Crippen LogP contribution in [0.4, 0.5) is 5.82 Å². The Morgan fingerprint density at radius 3 is 2.76 bits per heavy atom. The Labute approximate surface area is 101 Å². The molecular weight excluding hydrogens is 214 g/mol. The quantitative estimate of drug-likeness (QED) is 0.879.